The Balaban J connectivity index is 1.25. The predicted molar refractivity (Wildman–Crippen MR) is 200 cm³/mol. The van der Waals surface area contributed by atoms with Crippen LogP contribution in [0.4, 0.5) is 0 Å². The van der Waals surface area contributed by atoms with Gasteiger partial charge in [-0.25, -0.2) is 0 Å². The average Bonchev–Trinajstić information content (AvgIpc) is 3.51. The van der Waals surface area contributed by atoms with Crippen LogP contribution in [0.3, 0.4) is 0 Å². The molecule has 0 unspecified atom stereocenters. The van der Waals surface area contributed by atoms with Crippen molar-refractivity contribution in [3.63, 3.8) is 0 Å². The third-order valence-corrected chi connectivity index (χ3v) is 10.1. The molecule has 1 aliphatic carbocycles. The van der Waals surface area contributed by atoms with Gasteiger partial charge in [-0.3, -0.25) is 0 Å². The van der Waals surface area contributed by atoms with E-state index in [4.69, 9.17) is 4.42 Å². The van der Waals surface area contributed by atoms with E-state index in [0.29, 0.717) is 0 Å². The first-order valence-corrected chi connectivity index (χ1v) is 16.5. The summed E-state index contributed by atoms with van der Waals surface area (Å²) in [5.41, 5.74) is 12.2. The first-order valence-electron chi connectivity index (χ1n) is 16.5. The highest BCUT2D eigenvalue weighted by Crippen LogP contribution is 2.47. The molecule has 0 bridgehead atoms. The Morgan fingerprint density at radius 1 is 0.404 bits per heavy atom. The van der Waals surface area contributed by atoms with Crippen molar-refractivity contribution in [2.75, 3.05) is 0 Å². The molecule has 0 N–H and O–H groups in total. The van der Waals surface area contributed by atoms with Gasteiger partial charge < -0.3 is 4.42 Å². The van der Waals surface area contributed by atoms with Crippen molar-refractivity contribution in [2.24, 2.45) is 0 Å². The van der Waals surface area contributed by atoms with Gasteiger partial charge in [-0.05, 0) is 108 Å². The lowest BCUT2D eigenvalue weighted by Gasteiger charge is -2.20. The summed E-state index contributed by atoms with van der Waals surface area (Å²) in [4.78, 5) is 0. The molecule has 1 heteroatoms. The van der Waals surface area contributed by atoms with Crippen LogP contribution < -0.4 is 0 Å². The number of para-hydroxylation sites is 1. The third-order valence-electron chi connectivity index (χ3n) is 10.1. The Kier molecular flexibility index (Phi) is 5.77. The van der Waals surface area contributed by atoms with Crippen LogP contribution in [0.5, 0.6) is 0 Å². The van der Waals surface area contributed by atoms with Crippen molar-refractivity contribution >= 4 is 60.3 Å². The zero-order chi connectivity index (χ0) is 30.9. The van der Waals surface area contributed by atoms with Gasteiger partial charge in [0.25, 0.3) is 0 Å². The Morgan fingerprint density at radius 3 is 1.72 bits per heavy atom. The molecule has 0 spiro atoms. The highest BCUT2D eigenvalue weighted by molar-refractivity contribution is 6.24. The van der Waals surface area contributed by atoms with E-state index in [1.165, 1.54) is 76.8 Å². The zero-order valence-corrected chi connectivity index (χ0v) is 25.8. The maximum absolute atomic E-state index is 6.20. The van der Waals surface area contributed by atoms with E-state index < -0.39 is 0 Å². The Hall–Kier alpha value is -5.92. The van der Waals surface area contributed by atoms with Crippen LogP contribution in [0.1, 0.15) is 17.5 Å². The molecule has 9 aromatic rings. The third kappa shape index (κ3) is 4.03. The van der Waals surface area contributed by atoms with Gasteiger partial charge in [0.05, 0.1) is 0 Å². The van der Waals surface area contributed by atoms with Gasteiger partial charge in [-0.1, -0.05) is 140 Å². The summed E-state index contributed by atoms with van der Waals surface area (Å²) in [6.07, 6.45) is 6.76. The number of rotatable bonds is 3. The quantitative estimate of drug-likeness (QED) is 0.184. The van der Waals surface area contributed by atoms with Gasteiger partial charge in [0.2, 0.25) is 0 Å². The van der Waals surface area contributed by atoms with Crippen molar-refractivity contribution in [1.82, 2.24) is 0 Å². The number of fused-ring (bicyclic) bond motifs is 7. The predicted octanol–water partition coefficient (Wildman–Crippen LogP) is 13.0. The van der Waals surface area contributed by atoms with Gasteiger partial charge in [-0.2, -0.15) is 0 Å². The number of benzene rings is 8. The second-order valence-electron chi connectivity index (χ2n) is 12.7. The number of hydrogen-bond acceptors (Lipinski definition) is 1. The molecule has 1 aliphatic rings. The fourth-order valence-corrected chi connectivity index (χ4v) is 7.98. The molecule has 0 radical (unpaired) electrons. The standard InChI is InChI=1S/C46H30O/c1-2-12-30-27-31(22-21-29(30)11-1)33-24-25-41(35-14-4-3-13-34(33)35)46-39-18-7-5-16-37(39)45(38-17-6-8-19-40(38)46)32-23-26-44-42(28-32)36-15-9-10-20-43(36)47-44/h1,3-11,13-28H,2,12H2. The van der Waals surface area contributed by atoms with Crippen LogP contribution in [-0.2, 0) is 6.42 Å². The zero-order valence-electron chi connectivity index (χ0n) is 25.8. The Bertz CT molecular complexity index is 2680. The van der Waals surface area contributed by atoms with E-state index in [1.54, 1.807) is 0 Å². The van der Waals surface area contributed by atoms with Gasteiger partial charge in [0, 0.05) is 10.8 Å². The van der Waals surface area contributed by atoms with Crippen LogP contribution in [-0.4, -0.2) is 0 Å². The van der Waals surface area contributed by atoms with Crippen LogP contribution in [0.2, 0.25) is 0 Å². The Labute approximate surface area is 273 Å². The maximum Gasteiger partial charge on any atom is 0.135 e. The van der Waals surface area contributed by atoms with Gasteiger partial charge in [0.1, 0.15) is 11.2 Å². The highest BCUT2D eigenvalue weighted by atomic mass is 16.3. The maximum atomic E-state index is 6.20. The molecule has 220 valence electrons. The summed E-state index contributed by atoms with van der Waals surface area (Å²) >= 11 is 0. The molecular formula is C46H30O. The second-order valence-corrected chi connectivity index (χ2v) is 12.7. The number of aryl methyl sites for hydroxylation is 1. The summed E-state index contributed by atoms with van der Waals surface area (Å²) in [5.74, 6) is 0. The van der Waals surface area contributed by atoms with E-state index in [9.17, 15) is 0 Å². The van der Waals surface area contributed by atoms with Gasteiger partial charge in [0.15, 0.2) is 0 Å². The molecule has 47 heavy (non-hydrogen) atoms. The lowest BCUT2D eigenvalue weighted by molar-refractivity contribution is 0.669. The summed E-state index contributed by atoms with van der Waals surface area (Å²) < 4.78 is 6.20. The molecular weight excluding hydrogens is 569 g/mol. The number of hydrogen-bond donors (Lipinski definition) is 0. The smallest absolute Gasteiger partial charge is 0.135 e. The molecule has 10 rings (SSSR count). The molecule has 0 saturated carbocycles. The summed E-state index contributed by atoms with van der Waals surface area (Å²) in [7, 11) is 0. The average molecular weight is 599 g/mol. The lowest BCUT2D eigenvalue weighted by atomic mass is 9.83. The van der Waals surface area contributed by atoms with Crippen LogP contribution in [0.25, 0.3) is 93.7 Å². The molecule has 8 aromatic carbocycles. The minimum atomic E-state index is 0.919. The van der Waals surface area contributed by atoms with Gasteiger partial charge >= 0.3 is 0 Å². The molecule has 0 aliphatic heterocycles. The Morgan fingerprint density at radius 2 is 0.979 bits per heavy atom. The van der Waals surface area contributed by atoms with Crippen molar-refractivity contribution < 1.29 is 4.42 Å². The second kappa shape index (κ2) is 10.3. The monoisotopic (exact) mass is 598 g/mol. The van der Waals surface area contributed by atoms with E-state index in [-0.39, 0.29) is 0 Å². The molecule has 0 saturated heterocycles. The van der Waals surface area contributed by atoms with Crippen LogP contribution in [0, 0.1) is 0 Å². The van der Waals surface area contributed by atoms with Crippen molar-refractivity contribution in [1.29, 1.82) is 0 Å². The minimum absolute atomic E-state index is 0.919. The largest absolute Gasteiger partial charge is 0.456 e. The summed E-state index contributed by atoms with van der Waals surface area (Å²) in [6.45, 7) is 0. The molecule has 0 atom stereocenters. The molecule has 0 amide bonds. The number of furan rings is 1. The molecule has 1 aromatic heterocycles. The topological polar surface area (TPSA) is 13.1 Å². The van der Waals surface area contributed by atoms with E-state index >= 15 is 0 Å². The normalized spacial score (nSPS) is 12.9. The van der Waals surface area contributed by atoms with Crippen molar-refractivity contribution in [2.45, 2.75) is 12.8 Å². The van der Waals surface area contributed by atoms with Gasteiger partial charge in [-0.15, -0.1) is 0 Å². The summed E-state index contributed by atoms with van der Waals surface area (Å²) in [6, 6.07) is 53.5. The van der Waals surface area contributed by atoms with E-state index in [1.807, 2.05) is 12.1 Å². The fraction of sp³-hybridized carbons (Fsp3) is 0.0435. The summed E-state index contributed by atoms with van der Waals surface area (Å²) in [5, 5.41) is 9.89. The van der Waals surface area contributed by atoms with Crippen molar-refractivity contribution in [3.8, 4) is 33.4 Å². The molecule has 1 heterocycles. The lowest BCUT2D eigenvalue weighted by Crippen LogP contribution is -1.95. The van der Waals surface area contributed by atoms with E-state index in [2.05, 4.69) is 146 Å². The first kappa shape index (κ1) is 26.3. The SMILES string of the molecule is C1=Cc2ccc(-c3ccc(-c4c5ccccc5c(-c5ccc6oc7ccccc7c6c5)c5ccccc45)c4ccccc34)cc2CC1. The molecule has 0 fully saturated rings. The molecule has 1 nitrogen and oxygen atoms in total. The van der Waals surface area contributed by atoms with E-state index in [0.717, 1.165) is 34.8 Å². The van der Waals surface area contributed by atoms with Crippen LogP contribution in [0.15, 0.2) is 156 Å². The highest BCUT2D eigenvalue weighted by Gasteiger charge is 2.20. The van der Waals surface area contributed by atoms with Crippen molar-refractivity contribution in [3.05, 3.63) is 163 Å². The van der Waals surface area contributed by atoms with Crippen LogP contribution >= 0.6 is 0 Å². The minimum Gasteiger partial charge on any atom is -0.456 e. The fourth-order valence-electron chi connectivity index (χ4n) is 7.98. The number of allylic oxidation sites excluding steroid dienone is 1. The first-order chi connectivity index (χ1) is 23.3.